The first-order valence-corrected chi connectivity index (χ1v) is 11.8. The summed E-state index contributed by atoms with van der Waals surface area (Å²) < 4.78 is 19.0. The number of guanidine groups is 1. The van der Waals surface area contributed by atoms with Gasteiger partial charge in [0.05, 0.1) is 6.54 Å². The third-order valence-electron chi connectivity index (χ3n) is 6.36. The van der Waals surface area contributed by atoms with Crippen LogP contribution in [0.4, 0.5) is 4.39 Å². The number of rotatable bonds is 8. The number of benzene rings is 1. The number of amides is 1. The average molecular weight is 433 g/mol. The van der Waals surface area contributed by atoms with Gasteiger partial charge in [0.2, 0.25) is 5.91 Å². The van der Waals surface area contributed by atoms with Gasteiger partial charge in [-0.05, 0) is 56.7 Å². The second-order valence-electron chi connectivity index (χ2n) is 8.57. The Balaban J connectivity index is 1.57. The molecule has 2 N–H and O–H groups in total. The molecule has 1 aromatic rings. The van der Waals surface area contributed by atoms with E-state index >= 15 is 0 Å². The van der Waals surface area contributed by atoms with Crippen LogP contribution in [0.1, 0.15) is 57.4 Å². The summed E-state index contributed by atoms with van der Waals surface area (Å²) in [4.78, 5) is 19.0. The Labute approximate surface area is 185 Å². The van der Waals surface area contributed by atoms with Gasteiger partial charge in [-0.15, -0.1) is 0 Å². The Hall–Kier alpha value is -2.15. The molecule has 0 atom stereocenters. The molecule has 0 unspecified atom stereocenters. The van der Waals surface area contributed by atoms with Gasteiger partial charge in [-0.3, -0.25) is 9.79 Å². The van der Waals surface area contributed by atoms with Crippen LogP contribution in [0.2, 0.25) is 0 Å². The van der Waals surface area contributed by atoms with Gasteiger partial charge in [-0.25, -0.2) is 4.39 Å². The molecule has 1 aromatic carbocycles. The maximum atomic E-state index is 13.5. The third-order valence-corrected chi connectivity index (χ3v) is 6.36. The minimum atomic E-state index is -0.215. The monoisotopic (exact) mass is 432 g/mol. The first-order chi connectivity index (χ1) is 15.1. The molecule has 2 aliphatic rings. The van der Waals surface area contributed by atoms with E-state index in [1.165, 1.54) is 12.1 Å². The third kappa shape index (κ3) is 6.92. The van der Waals surface area contributed by atoms with Crippen LogP contribution in [0.5, 0.6) is 0 Å². The van der Waals surface area contributed by atoms with Crippen molar-refractivity contribution >= 4 is 11.9 Å². The van der Waals surface area contributed by atoms with E-state index in [4.69, 9.17) is 9.73 Å². The summed E-state index contributed by atoms with van der Waals surface area (Å²) >= 11 is 0. The van der Waals surface area contributed by atoms with Crippen molar-refractivity contribution in [3.8, 4) is 0 Å². The summed E-state index contributed by atoms with van der Waals surface area (Å²) in [5, 5.41) is 6.74. The number of aliphatic imine (C=N–C) groups is 1. The number of nitrogens with one attached hydrogen (secondary N) is 2. The van der Waals surface area contributed by atoms with Crippen LogP contribution in [-0.2, 0) is 14.9 Å². The molecule has 0 bridgehead atoms. The summed E-state index contributed by atoms with van der Waals surface area (Å²) in [5.41, 5.74) is 0.990. The van der Waals surface area contributed by atoms with Crippen LogP contribution >= 0.6 is 0 Å². The molecule has 0 saturated carbocycles. The summed E-state index contributed by atoms with van der Waals surface area (Å²) in [7, 11) is 0. The van der Waals surface area contributed by atoms with Gasteiger partial charge in [0.15, 0.2) is 5.96 Å². The van der Waals surface area contributed by atoms with Crippen LogP contribution < -0.4 is 10.6 Å². The van der Waals surface area contributed by atoms with Crippen LogP contribution in [0.3, 0.4) is 0 Å². The Bertz CT molecular complexity index is 717. The van der Waals surface area contributed by atoms with Gasteiger partial charge in [-0.2, -0.15) is 0 Å². The zero-order valence-corrected chi connectivity index (χ0v) is 18.8. The molecule has 2 aliphatic heterocycles. The van der Waals surface area contributed by atoms with E-state index in [-0.39, 0.29) is 11.2 Å². The fourth-order valence-corrected chi connectivity index (χ4v) is 4.43. The lowest BCUT2D eigenvalue weighted by Gasteiger charge is -2.36. The Morgan fingerprint density at radius 3 is 2.68 bits per heavy atom. The van der Waals surface area contributed by atoms with E-state index in [1.807, 2.05) is 17.0 Å². The molecule has 7 heteroatoms. The number of carbonyl (C=O) groups is 1. The van der Waals surface area contributed by atoms with Gasteiger partial charge in [0.25, 0.3) is 0 Å². The lowest BCUT2D eigenvalue weighted by Crippen LogP contribution is -2.42. The first-order valence-electron chi connectivity index (χ1n) is 11.8. The molecule has 1 amide bonds. The summed E-state index contributed by atoms with van der Waals surface area (Å²) in [6.07, 6.45) is 6.61. The lowest BCUT2D eigenvalue weighted by atomic mass is 9.74. The summed E-state index contributed by atoms with van der Waals surface area (Å²) in [5.74, 6) is 0.865. The number of halogens is 1. The van der Waals surface area contributed by atoms with Crippen molar-refractivity contribution in [2.75, 3.05) is 45.9 Å². The summed E-state index contributed by atoms with van der Waals surface area (Å²) in [6.45, 7) is 7.30. The number of hydrogen-bond donors (Lipinski definition) is 2. The molecule has 2 fully saturated rings. The molecule has 2 heterocycles. The molecule has 2 saturated heterocycles. The van der Waals surface area contributed by atoms with E-state index in [1.54, 1.807) is 0 Å². The fourth-order valence-electron chi connectivity index (χ4n) is 4.43. The van der Waals surface area contributed by atoms with Crippen LogP contribution in [0.15, 0.2) is 29.3 Å². The van der Waals surface area contributed by atoms with Gasteiger partial charge in [0.1, 0.15) is 5.82 Å². The molecule has 0 spiro atoms. The molecular formula is C24H37FN4O2. The normalized spacial score (nSPS) is 19.7. The van der Waals surface area contributed by atoms with Gasteiger partial charge in [-0.1, -0.05) is 18.6 Å². The second kappa shape index (κ2) is 12.0. The number of ether oxygens (including phenoxy) is 1. The minimum absolute atomic E-state index is 0.132. The standard InChI is InChI=1S/C24H37FN4O2/c1-2-26-23(27-14-6-16-29-15-5-3-4-7-22(29)30)28-19-24(12-17-31-18-13-24)20-8-10-21(25)11-9-20/h8-11H,2-7,12-19H2,1H3,(H2,26,27,28). The van der Waals surface area contributed by atoms with Crippen molar-refractivity contribution in [3.63, 3.8) is 0 Å². The Kier molecular flexibility index (Phi) is 9.13. The Morgan fingerprint density at radius 2 is 1.94 bits per heavy atom. The predicted octanol–water partition coefficient (Wildman–Crippen LogP) is 3.22. The quantitative estimate of drug-likeness (QED) is 0.376. The fraction of sp³-hybridized carbons (Fsp3) is 0.667. The van der Waals surface area contributed by atoms with Crippen molar-refractivity contribution in [1.29, 1.82) is 0 Å². The highest BCUT2D eigenvalue weighted by molar-refractivity contribution is 5.79. The number of hydrogen-bond acceptors (Lipinski definition) is 3. The molecule has 0 radical (unpaired) electrons. The van der Waals surface area contributed by atoms with Gasteiger partial charge in [0, 0.05) is 51.2 Å². The zero-order valence-electron chi connectivity index (χ0n) is 18.8. The zero-order chi connectivity index (χ0) is 21.9. The van der Waals surface area contributed by atoms with Crippen LogP contribution in [0.25, 0.3) is 0 Å². The highest BCUT2D eigenvalue weighted by Gasteiger charge is 2.34. The highest BCUT2D eigenvalue weighted by Crippen LogP contribution is 2.35. The van der Waals surface area contributed by atoms with Crippen molar-refractivity contribution < 1.29 is 13.9 Å². The van der Waals surface area contributed by atoms with E-state index in [0.717, 1.165) is 76.2 Å². The molecule has 6 nitrogen and oxygen atoms in total. The average Bonchev–Trinajstić information content (AvgIpc) is 3.00. The molecule has 3 rings (SSSR count). The van der Waals surface area contributed by atoms with E-state index in [9.17, 15) is 9.18 Å². The molecular weight excluding hydrogens is 395 g/mol. The topological polar surface area (TPSA) is 66.0 Å². The lowest BCUT2D eigenvalue weighted by molar-refractivity contribution is -0.130. The van der Waals surface area contributed by atoms with Crippen molar-refractivity contribution in [2.45, 2.75) is 57.3 Å². The van der Waals surface area contributed by atoms with Crippen molar-refractivity contribution in [2.24, 2.45) is 4.99 Å². The van der Waals surface area contributed by atoms with E-state index in [2.05, 4.69) is 17.6 Å². The molecule has 0 aliphatic carbocycles. The Morgan fingerprint density at radius 1 is 1.16 bits per heavy atom. The molecule has 0 aromatic heterocycles. The second-order valence-corrected chi connectivity index (χ2v) is 8.57. The van der Waals surface area contributed by atoms with Gasteiger partial charge >= 0.3 is 0 Å². The molecule has 172 valence electrons. The largest absolute Gasteiger partial charge is 0.381 e. The number of nitrogens with zero attached hydrogens (tertiary/aromatic N) is 2. The predicted molar refractivity (Wildman–Crippen MR) is 122 cm³/mol. The number of likely N-dealkylation sites (tertiary alicyclic amines) is 1. The molecule has 31 heavy (non-hydrogen) atoms. The summed E-state index contributed by atoms with van der Waals surface area (Å²) in [6, 6.07) is 6.83. The number of carbonyl (C=O) groups excluding carboxylic acids is 1. The van der Waals surface area contributed by atoms with E-state index < -0.39 is 0 Å². The van der Waals surface area contributed by atoms with E-state index in [0.29, 0.717) is 32.1 Å². The minimum Gasteiger partial charge on any atom is -0.381 e. The van der Waals surface area contributed by atoms with Crippen LogP contribution in [0, 0.1) is 5.82 Å². The van der Waals surface area contributed by atoms with Gasteiger partial charge < -0.3 is 20.3 Å². The first kappa shape index (κ1) is 23.5. The van der Waals surface area contributed by atoms with Crippen LogP contribution in [-0.4, -0.2) is 62.7 Å². The smallest absolute Gasteiger partial charge is 0.222 e. The van der Waals surface area contributed by atoms with Crippen molar-refractivity contribution in [1.82, 2.24) is 15.5 Å². The maximum Gasteiger partial charge on any atom is 0.222 e. The maximum absolute atomic E-state index is 13.5. The SMILES string of the molecule is CCNC(=NCC1(c2ccc(F)cc2)CCOCC1)NCCCN1CCCCCC1=O. The highest BCUT2D eigenvalue weighted by atomic mass is 19.1. The van der Waals surface area contributed by atoms with Crippen molar-refractivity contribution in [3.05, 3.63) is 35.6 Å².